The fraction of sp³-hybridized carbons (Fsp3) is 1.00. The molecule has 2 nitrogen and oxygen atoms in total. The van der Waals surface area contributed by atoms with Crippen molar-refractivity contribution in [2.45, 2.75) is 71.4 Å². The van der Waals surface area contributed by atoms with Crippen LogP contribution in [0.15, 0.2) is 0 Å². The zero-order valence-electron chi connectivity index (χ0n) is 12.6. The van der Waals surface area contributed by atoms with E-state index in [-0.39, 0.29) is 0 Å². The van der Waals surface area contributed by atoms with Crippen molar-refractivity contribution in [1.82, 2.24) is 10.2 Å². The van der Waals surface area contributed by atoms with Crippen molar-refractivity contribution in [3.05, 3.63) is 0 Å². The van der Waals surface area contributed by atoms with E-state index in [0.29, 0.717) is 0 Å². The maximum absolute atomic E-state index is 3.70. The van der Waals surface area contributed by atoms with Crippen LogP contribution in [0.1, 0.15) is 59.3 Å². The van der Waals surface area contributed by atoms with E-state index in [1.807, 2.05) is 0 Å². The number of nitrogens with one attached hydrogen (secondary N) is 1. The molecule has 0 amide bonds. The van der Waals surface area contributed by atoms with Crippen molar-refractivity contribution in [1.29, 1.82) is 0 Å². The summed E-state index contributed by atoms with van der Waals surface area (Å²) in [6, 6.07) is 1.61. The highest BCUT2D eigenvalue weighted by molar-refractivity contribution is 4.84. The number of piperidine rings is 1. The summed E-state index contributed by atoms with van der Waals surface area (Å²) in [4.78, 5) is 2.76. The SMILES string of the molecule is CCN(CC1CCCCN1)C1CCC(C)C(C)C1. The van der Waals surface area contributed by atoms with Crippen molar-refractivity contribution in [2.24, 2.45) is 11.8 Å². The molecule has 2 heteroatoms. The molecule has 106 valence electrons. The average molecular weight is 252 g/mol. The molecule has 0 radical (unpaired) electrons. The molecule has 4 atom stereocenters. The Morgan fingerprint density at radius 3 is 2.50 bits per heavy atom. The molecule has 4 unspecified atom stereocenters. The molecule has 1 N–H and O–H groups in total. The molecule has 0 spiro atoms. The Morgan fingerprint density at radius 1 is 1.06 bits per heavy atom. The molecular weight excluding hydrogens is 220 g/mol. The van der Waals surface area contributed by atoms with E-state index in [1.54, 1.807) is 0 Å². The lowest BCUT2D eigenvalue weighted by atomic mass is 9.78. The molecule has 1 saturated carbocycles. The zero-order valence-corrected chi connectivity index (χ0v) is 12.6. The Balaban J connectivity index is 1.83. The Kier molecular flexibility index (Phi) is 5.50. The van der Waals surface area contributed by atoms with E-state index in [0.717, 1.165) is 23.9 Å². The fourth-order valence-corrected chi connectivity index (χ4v) is 3.75. The second-order valence-electron chi connectivity index (χ2n) is 6.66. The third-order valence-electron chi connectivity index (χ3n) is 5.36. The minimum Gasteiger partial charge on any atom is -0.313 e. The topological polar surface area (TPSA) is 15.3 Å². The summed E-state index contributed by atoms with van der Waals surface area (Å²) in [5.41, 5.74) is 0. The van der Waals surface area contributed by atoms with Gasteiger partial charge in [0.1, 0.15) is 0 Å². The van der Waals surface area contributed by atoms with E-state index in [9.17, 15) is 0 Å². The van der Waals surface area contributed by atoms with Gasteiger partial charge in [-0.25, -0.2) is 0 Å². The maximum Gasteiger partial charge on any atom is 0.0195 e. The first kappa shape index (κ1) is 14.3. The number of rotatable bonds is 4. The summed E-state index contributed by atoms with van der Waals surface area (Å²) in [6.45, 7) is 11.0. The van der Waals surface area contributed by atoms with Gasteiger partial charge in [0.25, 0.3) is 0 Å². The van der Waals surface area contributed by atoms with Crippen molar-refractivity contribution in [3.63, 3.8) is 0 Å². The van der Waals surface area contributed by atoms with Gasteiger partial charge in [-0.05, 0) is 57.0 Å². The van der Waals surface area contributed by atoms with Gasteiger partial charge < -0.3 is 5.32 Å². The molecule has 1 heterocycles. The second kappa shape index (κ2) is 6.91. The highest BCUT2D eigenvalue weighted by atomic mass is 15.2. The molecule has 1 aliphatic heterocycles. The summed E-state index contributed by atoms with van der Waals surface area (Å²) in [6.07, 6.45) is 8.46. The Hall–Kier alpha value is -0.0800. The van der Waals surface area contributed by atoms with Gasteiger partial charge in [-0.3, -0.25) is 4.90 Å². The Bertz CT molecular complexity index is 235. The van der Waals surface area contributed by atoms with Crippen LogP contribution in [-0.4, -0.2) is 36.6 Å². The predicted molar refractivity (Wildman–Crippen MR) is 78.9 cm³/mol. The largest absolute Gasteiger partial charge is 0.313 e. The summed E-state index contributed by atoms with van der Waals surface area (Å²) in [7, 11) is 0. The third kappa shape index (κ3) is 3.71. The van der Waals surface area contributed by atoms with Gasteiger partial charge in [-0.2, -0.15) is 0 Å². The van der Waals surface area contributed by atoms with Gasteiger partial charge >= 0.3 is 0 Å². The molecule has 0 bridgehead atoms. The summed E-state index contributed by atoms with van der Waals surface area (Å²) < 4.78 is 0. The van der Waals surface area contributed by atoms with E-state index in [4.69, 9.17) is 0 Å². The summed E-state index contributed by atoms with van der Waals surface area (Å²) in [5.74, 6) is 1.85. The zero-order chi connectivity index (χ0) is 13.0. The van der Waals surface area contributed by atoms with Crippen LogP contribution in [0.5, 0.6) is 0 Å². The third-order valence-corrected chi connectivity index (χ3v) is 5.36. The molecule has 2 fully saturated rings. The first-order valence-corrected chi connectivity index (χ1v) is 8.18. The number of likely N-dealkylation sites (N-methyl/N-ethyl adjacent to an activating group) is 1. The Morgan fingerprint density at radius 2 is 1.89 bits per heavy atom. The van der Waals surface area contributed by atoms with Crippen LogP contribution < -0.4 is 5.32 Å². The summed E-state index contributed by atoms with van der Waals surface area (Å²) in [5, 5.41) is 3.70. The molecular formula is C16H32N2. The van der Waals surface area contributed by atoms with Crippen LogP contribution in [0.2, 0.25) is 0 Å². The maximum atomic E-state index is 3.70. The van der Waals surface area contributed by atoms with Gasteiger partial charge in [0.05, 0.1) is 0 Å². The standard InChI is InChI=1S/C16H32N2/c1-4-18(12-15-7-5-6-10-17-15)16-9-8-13(2)14(3)11-16/h13-17H,4-12H2,1-3H3. The molecule has 0 aromatic heterocycles. The van der Waals surface area contributed by atoms with E-state index in [1.165, 1.54) is 58.2 Å². The molecule has 0 aromatic rings. The van der Waals surface area contributed by atoms with Gasteiger partial charge in [-0.15, -0.1) is 0 Å². The highest BCUT2D eigenvalue weighted by Gasteiger charge is 2.29. The quantitative estimate of drug-likeness (QED) is 0.826. The molecule has 2 aliphatic rings. The van der Waals surface area contributed by atoms with Crippen LogP contribution in [-0.2, 0) is 0 Å². The van der Waals surface area contributed by atoms with Gasteiger partial charge in [-0.1, -0.05) is 27.2 Å². The molecule has 1 saturated heterocycles. The molecule has 1 aliphatic carbocycles. The normalized spacial score (nSPS) is 38.0. The number of nitrogens with zero attached hydrogens (tertiary/aromatic N) is 1. The molecule has 2 rings (SSSR count). The van der Waals surface area contributed by atoms with Crippen LogP contribution >= 0.6 is 0 Å². The van der Waals surface area contributed by atoms with Crippen LogP contribution in [0.25, 0.3) is 0 Å². The van der Waals surface area contributed by atoms with Crippen molar-refractivity contribution in [3.8, 4) is 0 Å². The van der Waals surface area contributed by atoms with Crippen molar-refractivity contribution >= 4 is 0 Å². The average Bonchev–Trinajstić information content (AvgIpc) is 2.40. The van der Waals surface area contributed by atoms with Crippen molar-refractivity contribution in [2.75, 3.05) is 19.6 Å². The predicted octanol–water partition coefficient (Wildman–Crippen LogP) is 3.28. The van der Waals surface area contributed by atoms with Gasteiger partial charge in [0.15, 0.2) is 0 Å². The van der Waals surface area contributed by atoms with Crippen LogP contribution in [0, 0.1) is 11.8 Å². The minimum absolute atomic E-state index is 0.758. The lowest BCUT2D eigenvalue weighted by molar-refractivity contribution is 0.100. The monoisotopic (exact) mass is 252 g/mol. The second-order valence-corrected chi connectivity index (χ2v) is 6.66. The molecule has 0 aromatic carbocycles. The van der Waals surface area contributed by atoms with Gasteiger partial charge in [0.2, 0.25) is 0 Å². The lowest BCUT2D eigenvalue weighted by Gasteiger charge is -2.41. The van der Waals surface area contributed by atoms with Crippen molar-refractivity contribution < 1.29 is 0 Å². The highest BCUT2D eigenvalue weighted by Crippen LogP contribution is 2.32. The first-order chi connectivity index (χ1) is 8.70. The van der Waals surface area contributed by atoms with E-state index >= 15 is 0 Å². The van der Waals surface area contributed by atoms with Gasteiger partial charge in [0, 0.05) is 18.6 Å². The molecule has 18 heavy (non-hydrogen) atoms. The first-order valence-electron chi connectivity index (χ1n) is 8.18. The smallest absolute Gasteiger partial charge is 0.0195 e. The fourth-order valence-electron chi connectivity index (χ4n) is 3.75. The van der Waals surface area contributed by atoms with E-state index < -0.39 is 0 Å². The minimum atomic E-state index is 0.758. The number of hydrogen-bond acceptors (Lipinski definition) is 2. The Labute approximate surface area is 114 Å². The summed E-state index contributed by atoms with van der Waals surface area (Å²) >= 11 is 0. The lowest BCUT2D eigenvalue weighted by Crippen LogP contribution is -2.48. The van der Waals surface area contributed by atoms with Crippen LogP contribution in [0.3, 0.4) is 0 Å². The number of hydrogen-bond donors (Lipinski definition) is 1. The van der Waals surface area contributed by atoms with Crippen LogP contribution in [0.4, 0.5) is 0 Å². The van der Waals surface area contributed by atoms with E-state index in [2.05, 4.69) is 31.0 Å².